The van der Waals surface area contributed by atoms with Crippen molar-refractivity contribution in [2.75, 3.05) is 13.1 Å². The second-order valence-corrected chi connectivity index (χ2v) is 6.25. The first-order valence-corrected chi connectivity index (χ1v) is 7.31. The smallest absolute Gasteiger partial charge is 0.236 e. The average Bonchev–Trinajstić information content (AvgIpc) is 2.42. The zero-order valence-corrected chi connectivity index (χ0v) is 11.9. The Morgan fingerprint density at radius 3 is 2.74 bits per heavy atom. The van der Waals surface area contributed by atoms with E-state index in [9.17, 15) is 4.79 Å². The van der Waals surface area contributed by atoms with Crippen LogP contribution in [-0.4, -0.2) is 34.9 Å². The zero-order valence-electron chi connectivity index (χ0n) is 11.9. The Bertz CT molecular complexity index is 375. The van der Waals surface area contributed by atoms with Gasteiger partial charge in [-0.25, -0.2) is 0 Å². The lowest BCUT2D eigenvalue weighted by atomic mass is 9.61. The lowest BCUT2D eigenvalue weighted by molar-refractivity contribution is -0.146. The van der Waals surface area contributed by atoms with Crippen molar-refractivity contribution in [3.05, 3.63) is 0 Å². The van der Waals surface area contributed by atoms with E-state index < -0.39 is 5.41 Å². The van der Waals surface area contributed by atoms with Crippen LogP contribution in [0.15, 0.2) is 5.16 Å². The first-order chi connectivity index (χ1) is 9.03. The van der Waals surface area contributed by atoms with Crippen molar-refractivity contribution in [1.29, 1.82) is 0 Å². The third-order valence-electron chi connectivity index (χ3n) is 4.78. The molecule has 19 heavy (non-hydrogen) atoms. The largest absolute Gasteiger partial charge is 0.409 e. The molecule has 2 rings (SSSR count). The molecular weight excluding hydrogens is 242 g/mol. The minimum absolute atomic E-state index is 0.0686. The maximum Gasteiger partial charge on any atom is 0.236 e. The molecular formula is C14H25N3O2. The Kier molecular flexibility index (Phi) is 4.02. The van der Waals surface area contributed by atoms with Gasteiger partial charge in [0.1, 0.15) is 5.41 Å². The van der Waals surface area contributed by atoms with Gasteiger partial charge in [0.25, 0.3) is 0 Å². The van der Waals surface area contributed by atoms with Gasteiger partial charge in [0.05, 0.1) is 0 Å². The quantitative estimate of drug-likeness (QED) is 0.354. The van der Waals surface area contributed by atoms with Gasteiger partial charge in [-0.05, 0) is 37.5 Å². The predicted molar refractivity (Wildman–Crippen MR) is 73.8 cm³/mol. The highest BCUT2D eigenvalue weighted by Crippen LogP contribution is 2.47. The molecule has 2 fully saturated rings. The van der Waals surface area contributed by atoms with E-state index in [4.69, 9.17) is 10.9 Å². The van der Waals surface area contributed by atoms with Gasteiger partial charge < -0.3 is 15.8 Å². The maximum atomic E-state index is 12.8. The van der Waals surface area contributed by atoms with Crippen LogP contribution >= 0.6 is 0 Å². The van der Waals surface area contributed by atoms with Gasteiger partial charge in [0.2, 0.25) is 5.91 Å². The Hall–Kier alpha value is -1.26. The summed E-state index contributed by atoms with van der Waals surface area (Å²) < 4.78 is 0. The Labute approximate surface area is 114 Å². The molecule has 1 saturated heterocycles. The summed E-state index contributed by atoms with van der Waals surface area (Å²) in [6.07, 6.45) is 4.78. The Morgan fingerprint density at radius 1 is 1.53 bits per heavy atom. The molecule has 0 aromatic heterocycles. The first-order valence-electron chi connectivity index (χ1n) is 7.31. The van der Waals surface area contributed by atoms with Gasteiger partial charge in [0.15, 0.2) is 5.84 Å². The van der Waals surface area contributed by atoms with Crippen LogP contribution in [0.1, 0.15) is 46.0 Å². The van der Waals surface area contributed by atoms with E-state index in [1.165, 1.54) is 6.42 Å². The number of amidine groups is 1. The summed E-state index contributed by atoms with van der Waals surface area (Å²) in [7, 11) is 0. The monoisotopic (exact) mass is 267 g/mol. The Morgan fingerprint density at radius 2 is 2.21 bits per heavy atom. The van der Waals surface area contributed by atoms with Crippen LogP contribution in [0.5, 0.6) is 0 Å². The van der Waals surface area contributed by atoms with Crippen molar-refractivity contribution in [3.8, 4) is 0 Å². The SMILES string of the molecule is CCC1CCCN(C(=O)C2(C(N)=NO)CC(C)C2)C1. The second kappa shape index (κ2) is 5.39. The van der Waals surface area contributed by atoms with Gasteiger partial charge in [-0.1, -0.05) is 25.4 Å². The summed E-state index contributed by atoms with van der Waals surface area (Å²) in [5, 5.41) is 12.1. The van der Waals surface area contributed by atoms with Gasteiger partial charge in [-0.2, -0.15) is 0 Å². The summed E-state index contributed by atoms with van der Waals surface area (Å²) in [4.78, 5) is 14.7. The molecule has 1 aliphatic carbocycles. The molecule has 0 radical (unpaired) electrons. The summed E-state index contributed by atoms with van der Waals surface area (Å²) >= 11 is 0. The third kappa shape index (κ3) is 2.42. The number of likely N-dealkylation sites (tertiary alicyclic amines) is 1. The number of oxime groups is 1. The lowest BCUT2D eigenvalue weighted by Crippen LogP contribution is -2.59. The molecule has 108 valence electrons. The molecule has 3 N–H and O–H groups in total. The fourth-order valence-corrected chi connectivity index (χ4v) is 3.60. The van der Waals surface area contributed by atoms with Crippen LogP contribution in [0.2, 0.25) is 0 Å². The highest BCUT2D eigenvalue weighted by Gasteiger charge is 2.54. The molecule has 5 nitrogen and oxygen atoms in total. The number of hydrogen-bond donors (Lipinski definition) is 2. The van der Waals surface area contributed by atoms with E-state index in [2.05, 4.69) is 19.0 Å². The fourth-order valence-electron chi connectivity index (χ4n) is 3.60. The molecule has 0 aromatic rings. The molecule has 0 bridgehead atoms. The van der Waals surface area contributed by atoms with Crippen molar-refractivity contribution >= 4 is 11.7 Å². The molecule has 1 aliphatic heterocycles. The predicted octanol–water partition coefficient (Wildman–Crippen LogP) is 1.80. The minimum atomic E-state index is -0.732. The van der Waals surface area contributed by atoms with Crippen LogP contribution in [0.4, 0.5) is 0 Å². The normalized spacial score (nSPS) is 35.9. The third-order valence-corrected chi connectivity index (χ3v) is 4.78. The summed E-state index contributed by atoms with van der Waals surface area (Å²) in [6.45, 7) is 5.90. The number of amides is 1. The van der Waals surface area contributed by atoms with Crippen LogP contribution in [0.3, 0.4) is 0 Å². The number of carbonyl (C=O) groups is 1. The average molecular weight is 267 g/mol. The van der Waals surface area contributed by atoms with Gasteiger partial charge in [-0.15, -0.1) is 0 Å². The maximum absolute atomic E-state index is 12.8. The molecule has 2 aliphatic rings. The Balaban J connectivity index is 2.12. The summed E-state index contributed by atoms with van der Waals surface area (Å²) in [5.41, 5.74) is 5.07. The number of nitrogens with two attached hydrogens (primary N) is 1. The van der Waals surface area contributed by atoms with Crippen LogP contribution in [0.25, 0.3) is 0 Å². The standard InChI is InChI=1S/C14H25N3O2/c1-3-11-5-4-6-17(9-11)13(18)14(12(15)16-19)7-10(2)8-14/h10-11,19H,3-9H2,1-2H3,(H2,15,16). The van der Waals surface area contributed by atoms with E-state index in [0.717, 1.165) is 25.9 Å². The fraction of sp³-hybridized carbons (Fsp3) is 0.857. The molecule has 1 unspecified atom stereocenters. The van der Waals surface area contributed by atoms with Gasteiger partial charge in [0, 0.05) is 13.1 Å². The molecule has 1 heterocycles. The van der Waals surface area contributed by atoms with Crippen molar-refractivity contribution < 1.29 is 10.0 Å². The van der Waals surface area contributed by atoms with E-state index in [0.29, 0.717) is 24.7 Å². The summed E-state index contributed by atoms with van der Waals surface area (Å²) in [5.74, 6) is 1.23. The van der Waals surface area contributed by atoms with Crippen LogP contribution < -0.4 is 5.73 Å². The van der Waals surface area contributed by atoms with Crippen LogP contribution in [0, 0.1) is 17.3 Å². The molecule has 0 aromatic carbocycles. The number of rotatable bonds is 3. The molecule has 1 saturated carbocycles. The van der Waals surface area contributed by atoms with E-state index in [-0.39, 0.29) is 11.7 Å². The minimum Gasteiger partial charge on any atom is -0.409 e. The van der Waals surface area contributed by atoms with Crippen molar-refractivity contribution in [3.63, 3.8) is 0 Å². The van der Waals surface area contributed by atoms with Crippen LogP contribution in [-0.2, 0) is 4.79 Å². The number of carbonyl (C=O) groups excluding carboxylic acids is 1. The highest BCUT2D eigenvalue weighted by molar-refractivity contribution is 6.07. The van der Waals surface area contributed by atoms with Gasteiger partial charge >= 0.3 is 0 Å². The first kappa shape index (κ1) is 14.2. The van der Waals surface area contributed by atoms with Crippen molar-refractivity contribution in [2.24, 2.45) is 28.1 Å². The zero-order chi connectivity index (χ0) is 14.0. The number of hydrogen-bond acceptors (Lipinski definition) is 3. The molecule has 1 atom stereocenters. The van der Waals surface area contributed by atoms with Crippen molar-refractivity contribution in [2.45, 2.75) is 46.0 Å². The molecule has 1 amide bonds. The number of piperidine rings is 1. The lowest BCUT2D eigenvalue weighted by Gasteiger charge is -2.47. The number of nitrogens with zero attached hydrogens (tertiary/aromatic N) is 2. The highest BCUT2D eigenvalue weighted by atomic mass is 16.4. The molecule has 0 spiro atoms. The van der Waals surface area contributed by atoms with Crippen molar-refractivity contribution in [1.82, 2.24) is 4.90 Å². The van der Waals surface area contributed by atoms with Gasteiger partial charge in [-0.3, -0.25) is 4.79 Å². The van der Waals surface area contributed by atoms with E-state index in [1.54, 1.807) is 0 Å². The van der Waals surface area contributed by atoms with E-state index in [1.807, 2.05) is 4.90 Å². The molecule has 5 heteroatoms. The summed E-state index contributed by atoms with van der Waals surface area (Å²) in [6, 6.07) is 0. The van der Waals surface area contributed by atoms with E-state index >= 15 is 0 Å². The topological polar surface area (TPSA) is 78.9 Å². The second-order valence-electron chi connectivity index (χ2n) is 6.25.